The van der Waals surface area contributed by atoms with Crippen LogP contribution in [0.3, 0.4) is 0 Å². The lowest BCUT2D eigenvalue weighted by Crippen LogP contribution is -1.96. The maximum absolute atomic E-state index is 11.6. The molecule has 2 heterocycles. The summed E-state index contributed by atoms with van der Waals surface area (Å²) in [6.45, 7) is 0. The van der Waals surface area contributed by atoms with E-state index in [0.29, 0.717) is 4.90 Å². The van der Waals surface area contributed by atoms with Crippen molar-refractivity contribution in [2.75, 3.05) is 6.26 Å². The molecule has 3 rings (SSSR count). The number of hydrogen-bond donors (Lipinski definition) is 0. The molecule has 7 heteroatoms. The van der Waals surface area contributed by atoms with Gasteiger partial charge in [-0.2, -0.15) is 0 Å². The molecule has 2 aromatic heterocycles. The van der Waals surface area contributed by atoms with Gasteiger partial charge in [-0.1, -0.05) is 51.1 Å². The Labute approximate surface area is 141 Å². The van der Waals surface area contributed by atoms with Crippen molar-refractivity contribution in [3.63, 3.8) is 0 Å². The number of aromatic nitrogens is 1. The van der Waals surface area contributed by atoms with Gasteiger partial charge in [0, 0.05) is 18.0 Å². The summed E-state index contributed by atoms with van der Waals surface area (Å²) in [6.07, 6.45) is 2.94. The van der Waals surface area contributed by atoms with Crippen molar-refractivity contribution in [3.8, 4) is 21.7 Å². The molecule has 0 saturated carbocycles. The molecule has 1 aromatic carbocycles. The van der Waals surface area contributed by atoms with Gasteiger partial charge in [-0.15, -0.1) is 0 Å². The first kappa shape index (κ1) is 15.5. The lowest BCUT2D eigenvalue weighted by Gasteiger charge is -2.04. The number of pyridine rings is 1. The van der Waals surface area contributed by atoms with Gasteiger partial charge >= 0.3 is 0 Å². The summed E-state index contributed by atoms with van der Waals surface area (Å²) in [4.78, 5) is 5.71. The standard InChI is InChI=1S/C15H11NO2S4/c1-22(17,18)11-7-5-10(6-8-11)14-13(15(19)21-20-14)12-4-2-3-9-16-12/h2-9H,1H3. The molecular formula is C15H11NO2S4. The number of rotatable bonds is 3. The van der Waals surface area contributed by atoms with Crippen LogP contribution in [0, 0.1) is 3.82 Å². The van der Waals surface area contributed by atoms with Crippen molar-refractivity contribution >= 4 is 42.7 Å². The van der Waals surface area contributed by atoms with Gasteiger partial charge in [-0.25, -0.2) is 8.42 Å². The third kappa shape index (κ3) is 3.03. The topological polar surface area (TPSA) is 47.0 Å². The Bertz CT molecular complexity index is 955. The van der Waals surface area contributed by atoms with Gasteiger partial charge in [-0.05, 0) is 29.8 Å². The normalized spacial score (nSPS) is 11.5. The first-order chi connectivity index (χ1) is 10.5. The molecule has 0 radical (unpaired) electrons. The van der Waals surface area contributed by atoms with E-state index in [0.717, 1.165) is 25.5 Å². The average molecular weight is 366 g/mol. The minimum absolute atomic E-state index is 0.314. The van der Waals surface area contributed by atoms with Gasteiger partial charge in [0.25, 0.3) is 0 Å². The molecule has 0 aliphatic rings. The summed E-state index contributed by atoms with van der Waals surface area (Å²) >= 11 is 5.43. The van der Waals surface area contributed by atoms with E-state index in [2.05, 4.69) is 4.98 Å². The Morgan fingerprint density at radius 3 is 2.36 bits per heavy atom. The smallest absolute Gasteiger partial charge is 0.175 e. The van der Waals surface area contributed by atoms with Crippen LogP contribution in [0.25, 0.3) is 21.7 Å². The average Bonchev–Trinajstić information content (AvgIpc) is 2.89. The lowest BCUT2D eigenvalue weighted by molar-refractivity contribution is 0.602. The van der Waals surface area contributed by atoms with Crippen LogP contribution < -0.4 is 0 Å². The molecule has 0 spiro atoms. The van der Waals surface area contributed by atoms with Crippen LogP contribution in [0.1, 0.15) is 0 Å². The van der Waals surface area contributed by atoms with Crippen molar-refractivity contribution < 1.29 is 8.42 Å². The van der Waals surface area contributed by atoms with E-state index in [-0.39, 0.29) is 0 Å². The summed E-state index contributed by atoms with van der Waals surface area (Å²) in [6, 6.07) is 12.6. The molecule has 3 aromatic rings. The van der Waals surface area contributed by atoms with Gasteiger partial charge in [0.05, 0.1) is 15.5 Å². The number of nitrogens with zero attached hydrogens (tertiary/aromatic N) is 1. The zero-order chi connectivity index (χ0) is 15.7. The van der Waals surface area contributed by atoms with Gasteiger partial charge in [0.1, 0.15) is 3.82 Å². The second-order valence-corrected chi connectivity index (χ2v) is 9.50. The predicted molar refractivity (Wildman–Crippen MR) is 94.8 cm³/mol. The van der Waals surface area contributed by atoms with Gasteiger partial charge in [0.2, 0.25) is 0 Å². The number of hydrogen-bond acceptors (Lipinski definition) is 6. The van der Waals surface area contributed by atoms with Crippen molar-refractivity contribution in [2.24, 2.45) is 0 Å². The summed E-state index contributed by atoms with van der Waals surface area (Å²) in [7, 11) is -0.0716. The molecule has 112 valence electrons. The van der Waals surface area contributed by atoms with Gasteiger partial charge < -0.3 is 0 Å². The zero-order valence-electron chi connectivity index (χ0n) is 11.5. The highest BCUT2D eigenvalue weighted by atomic mass is 32.9. The Kier molecular flexibility index (Phi) is 4.22. The largest absolute Gasteiger partial charge is 0.256 e. The van der Waals surface area contributed by atoms with Crippen molar-refractivity contribution in [1.29, 1.82) is 0 Å². The van der Waals surface area contributed by atoms with E-state index in [9.17, 15) is 8.42 Å². The minimum Gasteiger partial charge on any atom is -0.256 e. The molecule has 0 bridgehead atoms. The summed E-state index contributed by atoms with van der Waals surface area (Å²) in [5, 5.41) is 0. The highest BCUT2D eigenvalue weighted by Gasteiger charge is 2.14. The molecule has 22 heavy (non-hydrogen) atoms. The second kappa shape index (κ2) is 6.00. The van der Waals surface area contributed by atoms with E-state index in [1.807, 2.05) is 30.3 Å². The molecule has 0 atom stereocenters. The van der Waals surface area contributed by atoms with E-state index >= 15 is 0 Å². The lowest BCUT2D eigenvalue weighted by atomic mass is 10.1. The Morgan fingerprint density at radius 1 is 1.05 bits per heavy atom. The van der Waals surface area contributed by atoms with Gasteiger partial charge in [0.15, 0.2) is 9.84 Å². The van der Waals surface area contributed by atoms with Crippen LogP contribution in [0.4, 0.5) is 0 Å². The maximum Gasteiger partial charge on any atom is 0.175 e. The molecule has 0 fully saturated rings. The number of sulfone groups is 1. The van der Waals surface area contributed by atoms with Crippen LogP contribution in [-0.2, 0) is 9.84 Å². The fourth-order valence-electron chi connectivity index (χ4n) is 2.03. The second-order valence-electron chi connectivity index (χ2n) is 4.67. The minimum atomic E-state index is -3.19. The first-order valence-electron chi connectivity index (χ1n) is 6.32. The molecule has 0 amide bonds. The van der Waals surface area contributed by atoms with E-state index in [1.54, 1.807) is 28.7 Å². The fraction of sp³-hybridized carbons (Fsp3) is 0.0667. The first-order valence-corrected chi connectivity index (χ1v) is 10.8. The highest BCUT2D eigenvalue weighted by molar-refractivity contribution is 7.90. The fourth-order valence-corrected chi connectivity index (χ4v) is 5.54. The Hall–Kier alpha value is -1.41. The quantitative estimate of drug-likeness (QED) is 0.500. The van der Waals surface area contributed by atoms with E-state index in [4.69, 9.17) is 12.2 Å². The van der Waals surface area contributed by atoms with Crippen molar-refractivity contribution in [2.45, 2.75) is 4.90 Å². The van der Waals surface area contributed by atoms with Crippen LogP contribution in [0.5, 0.6) is 0 Å². The van der Waals surface area contributed by atoms with Crippen molar-refractivity contribution in [1.82, 2.24) is 4.98 Å². The van der Waals surface area contributed by atoms with Crippen LogP contribution in [0.15, 0.2) is 53.6 Å². The molecule has 0 N–H and O–H groups in total. The monoisotopic (exact) mass is 365 g/mol. The summed E-state index contributed by atoms with van der Waals surface area (Å²) in [5.41, 5.74) is 2.73. The van der Waals surface area contributed by atoms with Crippen LogP contribution in [0.2, 0.25) is 0 Å². The Morgan fingerprint density at radius 2 is 1.77 bits per heavy atom. The van der Waals surface area contributed by atoms with Crippen LogP contribution >= 0.6 is 32.9 Å². The number of benzene rings is 1. The predicted octanol–water partition coefficient (Wildman–Crippen LogP) is 4.67. The molecular weight excluding hydrogens is 354 g/mol. The highest BCUT2D eigenvalue weighted by Crippen LogP contribution is 2.40. The van der Waals surface area contributed by atoms with Crippen LogP contribution in [-0.4, -0.2) is 19.7 Å². The summed E-state index contributed by atoms with van der Waals surface area (Å²) < 4.78 is 23.9. The van der Waals surface area contributed by atoms with Gasteiger partial charge in [-0.3, -0.25) is 4.98 Å². The van der Waals surface area contributed by atoms with E-state index < -0.39 is 9.84 Å². The zero-order valence-corrected chi connectivity index (χ0v) is 14.8. The molecule has 3 nitrogen and oxygen atoms in total. The molecule has 0 unspecified atom stereocenters. The Balaban J connectivity index is 2.13. The maximum atomic E-state index is 11.6. The molecule has 0 aliphatic heterocycles. The summed E-state index contributed by atoms with van der Waals surface area (Å²) in [5.74, 6) is 0. The third-order valence-electron chi connectivity index (χ3n) is 3.10. The molecule has 0 aliphatic carbocycles. The molecule has 0 saturated heterocycles. The van der Waals surface area contributed by atoms with E-state index in [1.165, 1.54) is 16.6 Å². The SMILES string of the molecule is CS(=O)(=O)c1ccc(-c2ssc(=S)c2-c2ccccn2)cc1. The van der Waals surface area contributed by atoms with Crippen molar-refractivity contribution in [3.05, 3.63) is 52.5 Å². The third-order valence-corrected chi connectivity index (χ3v) is 7.29.